The van der Waals surface area contributed by atoms with Crippen LogP contribution < -0.4 is 10.5 Å². The van der Waals surface area contributed by atoms with E-state index in [-0.39, 0.29) is 0 Å². The molecule has 0 unspecified atom stereocenters. The van der Waals surface area contributed by atoms with Gasteiger partial charge in [-0.2, -0.15) is 10.5 Å². The standard InChI is InChI=1S/C14H8BrN3O/c15-11-2-1-9(7-16)14(6-11)19-13-4-3-12(18)5-10(13)8-17/h1-6H,18H2. The lowest BCUT2D eigenvalue weighted by atomic mass is 10.2. The molecule has 0 aliphatic heterocycles. The summed E-state index contributed by atoms with van der Waals surface area (Å²) in [5, 5.41) is 18.1. The first-order valence-corrected chi connectivity index (χ1v) is 6.10. The lowest BCUT2D eigenvalue weighted by molar-refractivity contribution is 0.479. The summed E-state index contributed by atoms with van der Waals surface area (Å²) in [4.78, 5) is 0. The van der Waals surface area contributed by atoms with Gasteiger partial charge in [-0.3, -0.25) is 0 Å². The Kier molecular flexibility index (Phi) is 3.70. The second-order valence-corrected chi connectivity index (χ2v) is 4.64. The van der Waals surface area contributed by atoms with Gasteiger partial charge in [-0.25, -0.2) is 0 Å². The molecule has 0 aliphatic carbocycles. The Morgan fingerprint density at radius 2 is 1.68 bits per heavy atom. The van der Waals surface area contributed by atoms with E-state index in [4.69, 9.17) is 21.0 Å². The van der Waals surface area contributed by atoms with E-state index in [2.05, 4.69) is 15.9 Å². The van der Waals surface area contributed by atoms with Crippen molar-refractivity contribution < 1.29 is 4.74 Å². The normalized spacial score (nSPS) is 9.42. The fraction of sp³-hybridized carbons (Fsp3) is 0. The van der Waals surface area contributed by atoms with E-state index in [0.717, 1.165) is 4.47 Å². The van der Waals surface area contributed by atoms with Crippen molar-refractivity contribution in [1.29, 1.82) is 10.5 Å². The molecule has 0 heterocycles. The molecule has 4 nitrogen and oxygen atoms in total. The molecule has 0 aromatic heterocycles. The third kappa shape index (κ3) is 2.85. The number of hydrogen-bond donors (Lipinski definition) is 1. The minimum atomic E-state index is 0.323. The minimum Gasteiger partial charge on any atom is -0.455 e. The average molecular weight is 314 g/mol. The molecule has 0 amide bonds. The van der Waals surface area contributed by atoms with Crippen LogP contribution in [-0.4, -0.2) is 0 Å². The Morgan fingerprint density at radius 1 is 0.947 bits per heavy atom. The Labute approximate surface area is 118 Å². The molecule has 0 saturated heterocycles. The van der Waals surface area contributed by atoms with Crippen LogP contribution in [0.5, 0.6) is 11.5 Å². The zero-order valence-electron chi connectivity index (χ0n) is 9.72. The molecular formula is C14H8BrN3O. The summed E-state index contributed by atoms with van der Waals surface area (Å²) in [7, 11) is 0. The first-order chi connectivity index (χ1) is 9.13. The lowest BCUT2D eigenvalue weighted by Gasteiger charge is -2.09. The molecule has 0 bridgehead atoms. The summed E-state index contributed by atoms with van der Waals surface area (Å²) < 4.78 is 6.42. The third-order valence-corrected chi connectivity index (χ3v) is 2.90. The van der Waals surface area contributed by atoms with Gasteiger partial charge < -0.3 is 10.5 Å². The highest BCUT2D eigenvalue weighted by molar-refractivity contribution is 9.10. The SMILES string of the molecule is N#Cc1cc(N)ccc1Oc1cc(Br)ccc1C#N. The number of nitrogens with two attached hydrogens (primary N) is 1. The fourth-order valence-corrected chi connectivity index (χ4v) is 1.86. The Balaban J connectivity index is 2.45. The van der Waals surface area contributed by atoms with Gasteiger partial charge in [-0.1, -0.05) is 15.9 Å². The third-order valence-electron chi connectivity index (χ3n) is 2.41. The highest BCUT2D eigenvalue weighted by Crippen LogP contribution is 2.30. The van der Waals surface area contributed by atoms with Crippen molar-refractivity contribution in [1.82, 2.24) is 0 Å². The number of nitriles is 2. The molecule has 5 heteroatoms. The van der Waals surface area contributed by atoms with Crippen molar-refractivity contribution in [3.63, 3.8) is 0 Å². The molecule has 2 N–H and O–H groups in total. The van der Waals surface area contributed by atoms with Gasteiger partial charge in [0.15, 0.2) is 0 Å². The van der Waals surface area contributed by atoms with Gasteiger partial charge in [0.2, 0.25) is 0 Å². The van der Waals surface area contributed by atoms with Crippen LogP contribution in [0.4, 0.5) is 5.69 Å². The first kappa shape index (κ1) is 12.9. The van der Waals surface area contributed by atoms with E-state index in [1.165, 1.54) is 6.07 Å². The fourth-order valence-electron chi connectivity index (χ4n) is 1.52. The smallest absolute Gasteiger partial charge is 0.146 e. The number of anilines is 1. The van der Waals surface area contributed by atoms with Gasteiger partial charge in [-0.05, 0) is 36.4 Å². The maximum absolute atomic E-state index is 9.04. The van der Waals surface area contributed by atoms with Crippen LogP contribution in [0.25, 0.3) is 0 Å². The van der Waals surface area contributed by atoms with Crippen molar-refractivity contribution in [3.8, 4) is 23.6 Å². The second kappa shape index (κ2) is 5.43. The van der Waals surface area contributed by atoms with E-state index in [1.54, 1.807) is 30.3 Å². The highest BCUT2D eigenvalue weighted by Gasteiger charge is 2.09. The van der Waals surface area contributed by atoms with Gasteiger partial charge in [0.25, 0.3) is 0 Å². The molecule has 0 radical (unpaired) electrons. The van der Waals surface area contributed by atoms with Crippen molar-refractivity contribution in [2.24, 2.45) is 0 Å². The van der Waals surface area contributed by atoms with E-state index in [1.807, 2.05) is 12.1 Å². The molecule has 0 spiro atoms. The maximum atomic E-state index is 9.04. The highest BCUT2D eigenvalue weighted by atomic mass is 79.9. The molecule has 19 heavy (non-hydrogen) atoms. The van der Waals surface area contributed by atoms with Crippen LogP contribution in [0.15, 0.2) is 40.9 Å². The quantitative estimate of drug-likeness (QED) is 0.859. The number of nitrogen functional groups attached to an aromatic ring is 1. The lowest BCUT2D eigenvalue weighted by Crippen LogP contribution is -1.93. The molecule has 2 aromatic rings. The molecule has 0 atom stereocenters. The van der Waals surface area contributed by atoms with Crippen LogP contribution in [0.1, 0.15) is 11.1 Å². The van der Waals surface area contributed by atoms with E-state index < -0.39 is 0 Å². The van der Waals surface area contributed by atoms with Gasteiger partial charge in [0, 0.05) is 10.2 Å². The molecular weight excluding hydrogens is 306 g/mol. The largest absolute Gasteiger partial charge is 0.455 e. The van der Waals surface area contributed by atoms with Crippen LogP contribution in [-0.2, 0) is 0 Å². The number of ether oxygens (including phenoxy) is 1. The minimum absolute atomic E-state index is 0.323. The second-order valence-electron chi connectivity index (χ2n) is 3.72. The topological polar surface area (TPSA) is 82.8 Å². The molecule has 0 aliphatic rings. The van der Waals surface area contributed by atoms with Crippen molar-refractivity contribution >= 4 is 21.6 Å². The van der Waals surface area contributed by atoms with Gasteiger partial charge in [-0.15, -0.1) is 0 Å². The zero-order chi connectivity index (χ0) is 13.8. The summed E-state index contributed by atoms with van der Waals surface area (Å²) in [5.74, 6) is 0.754. The maximum Gasteiger partial charge on any atom is 0.146 e. The van der Waals surface area contributed by atoms with Crippen molar-refractivity contribution in [2.45, 2.75) is 0 Å². The summed E-state index contributed by atoms with van der Waals surface area (Å²) in [5.41, 5.74) is 6.81. The molecule has 2 aromatic carbocycles. The predicted octanol–water partition coefficient (Wildman–Crippen LogP) is 3.57. The molecule has 92 valence electrons. The van der Waals surface area contributed by atoms with E-state index in [0.29, 0.717) is 28.3 Å². The van der Waals surface area contributed by atoms with E-state index >= 15 is 0 Å². The van der Waals surface area contributed by atoms with Gasteiger partial charge in [0.05, 0.1) is 11.1 Å². The van der Waals surface area contributed by atoms with Crippen molar-refractivity contribution in [3.05, 3.63) is 52.0 Å². The molecule has 0 fully saturated rings. The summed E-state index contributed by atoms with van der Waals surface area (Å²) in [6, 6.07) is 13.9. The Hall–Kier alpha value is -2.50. The summed E-state index contributed by atoms with van der Waals surface area (Å²) in [6.45, 7) is 0. The number of nitrogens with zero attached hydrogens (tertiary/aromatic N) is 2. The number of benzene rings is 2. The number of hydrogen-bond acceptors (Lipinski definition) is 4. The number of halogens is 1. The van der Waals surface area contributed by atoms with Gasteiger partial charge in [0.1, 0.15) is 23.6 Å². The average Bonchev–Trinajstić information content (AvgIpc) is 2.41. The Bertz CT molecular complexity index is 714. The van der Waals surface area contributed by atoms with Crippen LogP contribution in [0.2, 0.25) is 0 Å². The summed E-state index contributed by atoms with van der Waals surface area (Å²) in [6.07, 6.45) is 0. The van der Waals surface area contributed by atoms with Crippen LogP contribution in [0.3, 0.4) is 0 Å². The zero-order valence-corrected chi connectivity index (χ0v) is 11.3. The van der Waals surface area contributed by atoms with Gasteiger partial charge >= 0.3 is 0 Å². The number of rotatable bonds is 2. The molecule has 0 saturated carbocycles. The first-order valence-electron chi connectivity index (χ1n) is 5.31. The monoisotopic (exact) mass is 313 g/mol. The predicted molar refractivity (Wildman–Crippen MR) is 74.5 cm³/mol. The Morgan fingerprint density at radius 3 is 2.37 bits per heavy atom. The molecule has 2 rings (SSSR count). The van der Waals surface area contributed by atoms with Crippen LogP contribution >= 0.6 is 15.9 Å². The van der Waals surface area contributed by atoms with Crippen molar-refractivity contribution in [2.75, 3.05) is 5.73 Å². The van der Waals surface area contributed by atoms with E-state index in [9.17, 15) is 0 Å². The van der Waals surface area contributed by atoms with Crippen LogP contribution in [0, 0.1) is 22.7 Å². The summed E-state index contributed by atoms with van der Waals surface area (Å²) >= 11 is 3.31.